The Morgan fingerprint density at radius 1 is 1.32 bits per heavy atom. The van der Waals surface area contributed by atoms with Gasteiger partial charge >= 0.3 is 0 Å². The van der Waals surface area contributed by atoms with E-state index in [2.05, 4.69) is 65.6 Å². The molecule has 0 saturated heterocycles. The highest BCUT2D eigenvalue weighted by Crippen LogP contribution is 2.12. The fraction of sp³-hybridized carbons (Fsp3) is 0.412. The zero-order chi connectivity index (χ0) is 15.8. The summed E-state index contributed by atoms with van der Waals surface area (Å²) in [4.78, 5) is 10.3. The lowest BCUT2D eigenvalue weighted by Crippen LogP contribution is -2.38. The third-order valence-corrected chi connectivity index (χ3v) is 4.23. The summed E-state index contributed by atoms with van der Waals surface area (Å²) in [6.45, 7) is 7.89. The van der Waals surface area contributed by atoms with Crippen LogP contribution in [-0.4, -0.2) is 24.0 Å². The Morgan fingerprint density at radius 3 is 2.73 bits per heavy atom. The van der Waals surface area contributed by atoms with E-state index >= 15 is 0 Å². The average Bonchev–Trinajstić information content (AvgIpc) is 2.94. The molecule has 1 aromatic carbocycles. The van der Waals surface area contributed by atoms with E-state index in [0.717, 1.165) is 30.5 Å². The fourth-order valence-corrected chi connectivity index (χ4v) is 2.91. The minimum absolute atomic E-state index is 0.223. The van der Waals surface area contributed by atoms with Crippen LogP contribution < -0.4 is 10.6 Å². The number of thiazole rings is 1. The fourth-order valence-electron chi connectivity index (χ4n) is 2.13. The average molecular weight is 316 g/mol. The summed E-state index contributed by atoms with van der Waals surface area (Å²) in [6.07, 6.45) is 2.81. The Bertz CT molecular complexity index is 592. The van der Waals surface area contributed by atoms with Crippen molar-refractivity contribution in [1.82, 2.24) is 15.6 Å². The Balaban J connectivity index is 1.92. The Morgan fingerprint density at radius 2 is 2.09 bits per heavy atom. The van der Waals surface area contributed by atoms with Gasteiger partial charge in [0, 0.05) is 30.6 Å². The molecule has 1 atom stereocenters. The van der Waals surface area contributed by atoms with Gasteiger partial charge in [0.1, 0.15) is 0 Å². The number of aliphatic imine (C=N–C) groups is 1. The second-order valence-corrected chi connectivity index (χ2v) is 6.47. The van der Waals surface area contributed by atoms with Crippen molar-refractivity contribution in [3.8, 4) is 0 Å². The molecule has 0 fully saturated rings. The molecule has 2 rings (SSSR count). The lowest BCUT2D eigenvalue weighted by Gasteiger charge is -2.18. The van der Waals surface area contributed by atoms with E-state index in [1.807, 2.05) is 12.3 Å². The predicted octanol–water partition coefficient (Wildman–Crippen LogP) is 3.31. The SMILES string of the molecule is CCNC(=NCCc1ncc(C)s1)NC(C)c1ccccc1. The summed E-state index contributed by atoms with van der Waals surface area (Å²) >= 11 is 1.74. The van der Waals surface area contributed by atoms with Crippen molar-refractivity contribution in [2.45, 2.75) is 33.2 Å². The number of guanidine groups is 1. The maximum atomic E-state index is 4.64. The van der Waals surface area contributed by atoms with Crippen LogP contribution in [0.25, 0.3) is 0 Å². The molecule has 118 valence electrons. The normalized spacial score (nSPS) is 13.0. The van der Waals surface area contributed by atoms with Crippen LogP contribution in [0.4, 0.5) is 0 Å². The van der Waals surface area contributed by atoms with Crippen molar-refractivity contribution >= 4 is 17.3 Å². The number of nitrogens with zero attached hydrogens (tertiary/aromatic N) is 2. The van der Waals surface area contributed by atoms with Crippen LogP contribution in [0.15, 0.2) is 41.5 Å². The van der Waals surface area contributed by atoms with Gasteiger partial charge in [-0.2, -0.15) is 0 Å². The third-order valence-electron chi connectivity index (χ3n) is 3.26. The highest BCUT2D eigenvalue weighted by Gasteiger charge is 2.07. The Hall–Kier alpha value is -1.88. The second kappa shape index (κ2) is 8.54. The second-order valence-electron chi connectivity index (χ2n) is 5.15. The van der Waals surface area contributed by atoms with Gasteiger partial charge in [-0.25, -0.2) is 4.98 Å². The van der Waals surface area contributed by atoms with Gasteiger partial charge in [-0.05, 0) is 26.3 Å². The van der Waals surface area contributed by atoms with Crippen molar-refractivity contribution in [3.63, 3.8) is 0 Å². The molecular formula is C17H24N4S. The minimum Gasteiger partial charge on any atom is -0.357 e. The Labute approximate surface area is 136 Å². The first kappa shape index (κ1) is 16.5. The summed E-state index contributed by atoms with van der Waals surface area (Å²) in [7, 11) is 0. The van der Waals surface area contributed by atoms with Crippen LogP contribution in [-0.2, 0) is 6.42 Å². The molecule has 0 saturated carbocycles. The first-order valence-electron chi connectivity index (χ1n) is 7.70. The lowest BCUT2D eigenvalue weighted by molar-refractivity contribution is 0.686. The molecule has 0 amide bonds. The third kappa shape index (κ3) is 5.15. The molecule has 1 heterocycles. The molecule has 4 nitrogen and oxygen atoms in total. The van der Waals surface area contributed by atoms with Gasteiger partial charge in [0.15, 0.2) is 5.96 Å². The summed E-state index contributed by atoms with van der Waals surface area (Å²) < 4.78 is 0. The Kier molecular flexibility index (Phi) is 6.40. The molecule has 22 heavy (non-hydrogen) atoms. The molecule has 5 heteroatoms. The molecule has 0 bridgehead atoms. The van der Waals surface area contributed by atoms with E-state index in [4.69, 9.17) is 0 Å². The van der Waals surface area contributed by atoms with Crippen LogP contribution >= 0.6 is 11.3 Å². The van der Waals surface area contributed by atoms with Crippen LogP contribution in [0, 0.1) is 6.92 Å². The number of hydrogen-bond donors (Lipinski definition) is 2. The van der Waals surface area contributed by atoms with Gasteiger partial charge in [0.25, 0.3) is 0 Å². The van der Waals surface area contributed by atoms with E-state index in [9.17, 15) is 0 Å². The van der Waals surface area contributed by atoms with E-state index in [1.165, 1.54) is 10.4 Å². The largest absolute Gasteiger partial charge is 0.357 e. The predicted molar refractivity (Wildman–Crippen MR) is 94.5 cm³/mol. The molecular weight excluding hydrogens is 292 g/mol. The molecule has 2 aromatic rings. The number of nitrogens with one attached hydrogen (secondary N) is 2. The van der Waals surface area contributed by atoms with Crippen molar-refractivity contribution in [2.24, 2.45) is 4.99 Å². The van der Waals surface area contributed by atoms with E-state index in [0.29, 0.717) is 0 Å². The minimum atomic E-state index is 0.223. The first-order valence-corrected chi connectivity index (χ1v) is 8.51. The molecule has 0 aliphatic carbocycles. The highest BCUT2D eigenvalue weighted by molar-refractivity contribution is 7.11. The number of aromatic nitrogens is 1. The smallest absolute Gasteiger partial charge is 0.191 e. The molecule has 0 radical (unpaired) electrons. The lowest BCUT2D eigenvalue weighted by atomic mass is 10.1. The van der Waals surface area contributed by atoms with E-state index < -0.39 is 0 Å². The molecule has 0 aliphatic heterocycles. The number of benzene rings is 1. The van der Waals surface area contributed by atoms with Crippen LogP contribution in [0.1, 0.15) is 35.3 Å². The number of rotatable bonds is 6. The molecule has 1 aromatic heterocycles. The van der Waals surface area contributed by atoms with Crippen molar-refractivity contribution in [2.75, 3.05) is 13.1 Å². The van der Waals surface area contributed by atoms with Crippen LogP contribution in [0.5, 0.6) is 0 Å². The summed E-state index contributed by atoms with van der Waals surface area (Å²) in [5, 5.41) is 7.89. The van der Waals surface area contributed by atoms with Gasteiger partial charge in [0.05, 0.1) is 11.0 Å². The van der Waals surface area contributed by atoms with E-state index in [1.54, 1.807) is 11.3 Å². The quantitative estimate of drug-likeness (QED) is 0.635. The monoisotopic (exact) mass is 316 g/mol. The summed E-state index contributed by atoms with van der Waals surface area (Å²) in [6, 6.07) is 10.6. The van der Waals surface area contributed by atoms with Crippen molar-refractivity contribution < 1.29 is 0 Å². The van der Waals surface area contributed by atoms with Gasteiger partial charge in [0.2, 0.25) is 0 Å². The standard InChI is InChI=1S/C17H24N4S/c1-4-18-17(19-11-10-16-20-12-13(2)22-16)21-14(3)15-8-6-5-7-9-15/h5-9,12,14H,4,10-11H2,1-3H3,(H2,18,19,21). The first-order chi connectivity index (χ1) is 10.7. The summed E-state index contributed by atoms with van der Waals surface area (Å²) in [5.74, 6) is 0.854. The van der Waals surface area contributed by atoms with Gasteiger partial charge in [-0.15, -0.1) is 11.3 Å². The molecule has 0 aliphatic rings. The molecule has 1 unspecified atom stereocenters. The van der Waals surface area contributed by atoms with E-state index in [-0.39, 0.29) is 6.04 Å². The van der Waals surface area contributed by atoms with Crippen molar-refractivity contribution in [3.05, 3.63) is 52.0 Å². The topological polar surface area (TPSA) is 49.3 Å². The molecule has 2 N–H and O–H groups in total. The molecule has 0 spiro atoms. The van der Waals surface area contributed by atoms with Crippen molar-refractivity contribution in [1.29, 1.82) is 0 Å². The number of hydrogen-bond acceptors (Lipinski definition) is 3. The summed E-state index contributed by atoms with van der Waals surface area (Å²) in [5.41, 5.74) is 1.25. The van der Waals surface area contributed by atoms with Gasteiger partial charge in [-0.3, -0.25) is 4.99 Å². The van der Waals surface area contributed by atoms with Crippen LogP contribution in [0.2, 0.25) is 0 Å². The van der Waals surface area contributed by atoms with Gasteiger partial charge < -0.3 is 10.6 Å². The zero-order valence-electron chi connectivity index (χ0n) is 13.5. The zero-order valence-corrected chi connectivity index (χ0v) is 14.3. The number of aryl methyl sites for hydroxylation is 1. The maximum Gasteiger partial charge on any atom is 0.191 e. The maximum absolute atomic E-state index is 4.64. The van der Waals surface area contributed by atoms with Gasteiger partial charge in [-0.1, -0.05) is 30.3 Å². The highest BCUT2D eigenvalue weighted by atomic mass is 32.1. The van der Waals surface area contributed by atoms with Crippen LogP contribution in [0.3, 0.4) is 0 Å².